The molecule has 0 saturated carbocycles. The number of para-hydroxylation sites is 1. The lowest BCUT2D eigenvalue weighted by atomic mass is 10.2. The third-order valence-electron chi connectivity index (χ3n) is 2.51. The van der Waals surface area contributed by atoms with Crippen molar-refractivity contribution in [3.8, 4) is 5.75 Å². The SMILES string of the molecule is Cc1ccsc1C(CN)Oc1ccccc1Cl. The van der Waals surface area contributed by atoms with Gasteiger partial charge in [-0.25, -0.2) is 0 Å². The monoisotopic (exact) mass is 267 g/mol. The number of hydrogen-bond donors (Lipinski definition) is 1. The van der Waals surface area contributed by atoms with Crippen LogP contribution < -0.4 is 10.5 Å². The van der Waals surface area contributed by atoms with E-state index in [1.165, 1.54) is 5.56 Å². The van der Waals surface area contributed by atoms with Gasteiger partial charge in [0.15, 0.2) is 0 Å². The van der Waals surface area contributed by atoms with Gasteiger partial charge in [-0.2, -0.15) is 0 Å². The smallest absolute Gasteiger partial charge is 0.145 e. The molecule has 0 aliphatic heterocycles. The predicted molar refractivity (Wildman–Crippen MR) is 72.9 cm³/mol. The third-order valence-corrected chi connectivity index (χ3v) is 3.94. The summed E-state index contributed by atoms with van der Waals surface area (Å²) in [6, 6.07) is 9.51. The van der Waals surface area contributed by atoms with Crippen molar-refractivity contribution < 1.29 is 4.74 Å². The van der Waals surface area contributed by atoms with Crippen LogP contribution in [0.4, 0.5) is 0 Å². The Morgan fingerprint density at radius 2 is 2.12 bits per heavy atom. The molecule has 0 aliphatic carbocycles. The molecule has 2 nitrogen and oxygen atoms in total. The number of rotatable bonds is 4. The topological polar surface area (TPSA) is 35.2 Å². The van der Waals surface area contributed by atoms with Gasteiger partial charge in [-0.3, -0.25) is 0 Å². The van der Waals surface area contributed by atoms with E-state index in [1.54, 1.807) is 11.3 Å². The molecule has 0 aliphatic rings. The van der Waals surface area contributed by atoms with Crippen LogP contribution in [0.1, 0.15) is 16.5 Å². The van der Waals surface area contributed by atoms with E-state index in [1.807, 2.05) is 29.6 Å². The Morgan fingerprint density at radius 3 is 2.71 bits per heavy atom. The second-order valence-electron chi connectivity index (χ2n) is 3.74. The molecule has 0 bridgehead atoms. The molecule has 1 aromatic heterocycles. The minimum absolute atomic E-state index is 0.130. The van der Waals surface area contributed by atoms with Crippen LogP contribution >= 0.6 is 22.9 Å². The first-order chi connectivity index (χ1) is 8.22. The molecule has 0 spiro atoms. The van der Waals surface area contributed by atoms with Crippen LogP contribution in [0.2, 0.25) is 5.02 Å². The Balaban J connectivity index is 2.22. The van der Waals surface area contributed by atoms with Gasteiger partial charge in [-0.15, -0.1) is 11.3 Å². The zero-order valence-electron chi connectivity index (χ0n) is 9.52. The van der Waals surface area contributed by atoms with E-state index in [0.29, 0.717) is 17.3 Å². The number of ether oxygens (including phenoxy) is 1. The summed E-state index contributed by atoms with van der Waals surface area (Å²) in [6.07, 6.45) is -0.130. The Bertz CT molecular complexity index is 498. The molecular formula is C13H14ClNOS. The molecule has 2 N–H and O–H groups in total. The molecule has 0 fully saturated rings. The molecule has 0 radical (unpaired) electrons. The van der Waals surface area contributed by atoms with E-state index >= 15 is 0 Å². The van der Waals surface area contributed by atoms with E-state index < -0.39 is 0 Å². The summed E-state index contributed by atoms with van der Waals surface area (Å²) in [5.41, 5.74) is 6.98. The summed E-state index contributed by atoms with van der Waals surface area (Å²) in [5.74, 6) is 0.678. The zero-order chi connectivity index (χ0) is 12.3. The maximum absolute atomic E-state index is 6.06. The van der Waals surface area contributed by atoms with E-state index in [2.05, 4.69) is 13.0 Å². The number of nitrogens with two attached hydrogens (primary N) is 1. The van der Waals surface area contributed by atoms with Crippen LogP contribution in [0.15, 0.2) is 35.7 Å². The number of halogens is 1. The predicted octanol–water partition coefficient (Wildman–Crippen LogP) is 3.79. The summed E-state index contributed by atoms with van der Waals surface area (Å²) in [5, 5.41) is 2.66. The van der Waals surface area contributed by atoms with E-state index in [9.17, 15) is 0 Å². The van der Waals surface area contributed by atoms with Crippen molar-refractivity contribution in [2.24, 2.45) is 5.73 Å². The van der Waals surface area contributed by atoms with Crippen LogP contribution in [0, 0.1) is 6.92 Å². The quantitative estimate of drug-likeness (QED) is 0.915. The van der Waals surface area contributed by atoms with Crippen molar-refractivity contribution >= 4 is 22.9 Å². The lowest BCUT2D eigenvalue weighted by Crippen LogP contribution is -2.18. The second kappa shape index (κ2) is 5.54. The Labute approximate surface area is 110 Å². The van der Waals surface area contributed by atoms with Gasteiger partial charge in [0.1, 0.15) is 11.9 Å². The van der Waals surface area contributed by atoms with Crippen molar-refractivity contribution in [2.45, 2.75) is 13.0 Å². The van der Waals surface area contributed by atoms with Crippen LogP contribution in [0.25, 0.3) is 0 Å². The van der Waals surface area contributed by atoms with Gasteiger partial charge in [-0.05, 0) is 36.1 Å². The number of benzene rings is 1. The molecule has 2 aromatic rings. The molecule has 17 heavy (non-hydrogen) atoms. The first-order valence-corrected chi connectivity index (χ1v) is 6.63. The second-order valence-corrected chi connectivity index (χ2v) is 5.10. The maximum atomic E-state index is 6.06. The summed E-state index contributed by atoms with van der Waals surface area (Å²) in [4.78, 5) is 1.16. The Kier molecular flexibility index (Phi) is 4.05. The fourth-order valence-electron chi connectivity index (χ4n) is 1.62. The third kappa shape index (κ3) is 2.80. The van der Waals surface area contributed by atoms with Crippen molar-refractivity contribution in [1.82, 2.24) is 0 Å². The van der Waals surface area contributed by atoms with Crippen molar-refractivity contribution in [1.29, 1.82) is 0 Å². The van der Waals surface area contributed by atoms with Gasteiger partial charge < -0.3 is 10.5 Å². The van der Waals surface area contributed by atoms with Crippen LogP contribution in [0.5, 0.6) is 5.75 Å². The molecule has 0 saturated heterocycles. The normalized spacial score (nSPS) is 12.4. The number of aryl methyl sites for hydroxylation is 1. The Hall–Kier alpha value is -1.03. The fourth-order valence-corrected chi connectivity index (χ4v) is 2.77. The zero-order valence-corrected chi connectivity index (χ0v) is 11.1. The highest BCUT2D eigenvalue weighted by Crippen LogP contribution is 2.31. The minimum Gasteiger partial charge on any atom is -0.482 e. The molecule has 2 rings (SSSR count). The molecule has 1 heterocycles. The molecule has 0 amide bonds. The van der Waals surface area contributed by atoms with Gasteiger partial charge >= 0.3 is 0 Å². The maximum Gasteiger partial charge on any atom is 0.145 e. The molecule has 90 valence electrons. The van der Waals surface area contributed by atoms with Crippen LogP contribution in [-0.4, -0.2) is 6.54 Å². The summed E-state index contributed by atoms with van der Waals surface area (Å²) < 4.78 is 5.87. The van der Waals surface area contributed by atoms with Gasteiger partial charge in [0.2, 0.25) is 0 Å². The van der Waals surface area contributed by atoms with Gasteiger partial charge in [0.25, 0.3) is 0 Å². The van der Waals surface area contributed by atoms with Gasteiger partial charge in [0, 0.05) is 11.4 Å². The average molecular weight is 268 g/mol. The highest BCUT2D eigenvalue weighted by atomic mass is 35.5. The van der Waals surface area contributed by atoms with E-state index in [-0.39, 0.29) is 6.10 Å². The summed E-state index contributed by atoms with van der Waals surface area (Å²) in [6.45, 7) is 2.50. The highest BCUT2D eigenvalue weighted by Gasteiger charge is 2.16. The van der Waals surface area contributed by atoms with E-state index in [0.717, 1.165) is 4.88 Å². The molecule has 1 unspecified atom stereocenters. The molecule has 4 heteroatoms. The number of hydrogen-bond acceptors (Lipinski definition) is 3. The van der Waals surface area contributed by atoms with E-state index in [4.69, 9.17) is 22.1 Å². The van der Waals surface area contributed by atoms with Crippen LogP contribution in [0.3, 0.4) is 0 Å². The summed E-state index contributed by atoms with van der Waals surface area (Å²) >= 11 is 7.72. The first kappa shape index (κ1) is 12.4. The summed E-state index contributed by atoms with van der Waals surface area (Å²) in [7, 11) is 0. The molecule has 1 atom stereocenters. The lowest BCUT2D eigenvalue weighted by molar-refractivity contribution is 0.217. The number of thiophene rings is 1. The average Bonchev–Trinajstić information content (AvgIpc) is 2.75. The van der Waals surface area contributed by atoms with Crippen molar-refractivity contribution in [3.63, 3.8) is 0 Å². The van der Waals surface area contributed by atoms with Crippen molar-refractivity contribution in [3.05, 3.63) is 51.2 Å². The first-order valence-electron chi connectivity index (χ1n) is 5.37. The standard InChI is InChI=1S/C13H14ClNOS/c1-9-6-7-17-13(9)12(8-15)16-11-5-3-2-4-10(11)14/h2-7,12H,8,15H2,1H3. The van der Waals surface area contributed by atoms with Crippen LogP contribution in [-0.2, 0) is 0 Å². The van der Waals surface area contributed by atoms with Crippen molar-refractivity contribution in [2.75, 3.05) is 6.54 Å². The fraction of sp³-hybridized carbons (Fsp3) is 0.231. The molecular weight excluding hydrogens is 254 g/mol. The Morgan fingerprint density at radius 1 is 1.35 bits per heavy atom. The van der Waals surface area contributed by atoms with Gasteiger partial charge in [-0.1, -0.05) is 23.7 Å². The largest absolute Gasteiger partial charge is 0.482 e. The van der Waals surface area contributed by atoms with Gasteiger partial charge in [0.05, 0.1) is 5.02 Å². The molecule has 1 aromatic carbocycles. The highest BCUT2D eigenvalue weighted by molar-refractivity contribution is 7.10. The minimum atomic E-state index is -0.130. The lowest BCUT2D eigenvalue weighted by Gasteiger charge is -2.18.